The van der Waals surface area contributed by atoms with E-state index in [4.69, 9.17) is 9.68 Å². The van der Waals surface area contributed by atoms with Crippen LogP contribution in [0.5, 0.6) is 0 Å². The van der Waals surface area contributed by atoms with Gasteiger partial charge in [-0.3, -0.25) is 25.2 Å². The first-order valence-electron chi connectivity index (χ1n) is 9.03. The fourth-order valence-electron chi connectivity index (χ4n) is 3.30. The van der Waals surface area contributed by atoms with Gasteiger partial charge in [0.2, 0.25) is 5.91 Å². The molecule has 0 spiro atoms. The summed E-state index contributed by atoms with van der Waals surface area (Å²) in [5.74, 6) is -0.816. The Kier molecular flexibility index (Phi) is 5.50. The van der Waals surface area contributed by atoms with Crippen LogP contribution in [0.25, 0.3) is 11.0 Å². The number of hydrogen-bond acceptors (Lipinski definition) is 5. The molecule has 8 nitrogen and oxygen atoms in total. The Morgan fingerprint density at radius 2 is 1.86 bits per heavy atom. The topological polar surface area (TPSA) is 128 Å². The van der Waals surface area contributed by atoms with Gasteiger partial charge in [-0.1, -0.05) is 18.2 Å². The van der Waals surface area contributed by atoms with Crippen LogP contribution in [0.4, 0.5) is 0 Å². The molecule has 148 valence electrons. The fourth-order valence-corrected chi connectivity index (χ4v) is 3.30. The Balaban J connectivity index is 1.63. The maximum absolute atomic E-state index is 12.3. The molecule has 2 heterocycles. The van der Waals surface area contributed by atoms with Gasteiger partial charge in [-0.25, -0.2) is 0 Å². The van der Waals surface area contributed by atoms with Crippen molar-refractivity contribution in [1.29, 1.82) is 5.26 Å². The number of carbonyl (C=O) groups excluding carboxylic acids is 2. The number of amides is 2. The van der Waals surface area contributed by atoms with E-state index in [0.717, 1.165) is 10.9 Å². The zero-order valence-corrected chi connectivity index (χ0v) is 16.3. The van der Waals surface area contributed by atoms with Crippen molar-refractivity contribution in [2.45, 2.75) is 33.6 Å². The van der Waals surface area contributed by atoms with Gasteiger partial charge in [0.15, 0.2) is 5.76 Å². The molecule has 0 saturated heterocycles. The molecule has 1 aromatic carbocycles. The van der Waals surface area contributed by atoms with Gasteiger partial charge >= 0.3 is 5.91 Å². The van der Waals surface area contributed by atoms with Crippen molar-refractivity contribution >= 4 is 22.8 Å². The summed E-state index contributed by atoms with van der Waals surface area (Å²) in [6.07, 6.45) is 0.381. The monoisotopic (exact) mass is 392 g/mol. The molecule has 29 heavy (non-hydrogen) atoms. The Morgan fingerprint density at radius 1 is 1.14 bits per heavy atom. The van der Waals surface area contributed by atoms with Crippen LogP contribution in [0.15, 0.2) is 33.5 Å². The highest BCUT2D eigenvalue weighted by atomic mass is 16.3. The van der Waals surface area contributed by atoms with Crippen molar-refractivity contribution < 1.29 is 14.0 Å². The molecule has 3 N–H and O–H groups in total. The number of aryl methyl sites for hydroxylation is 2. The number of para-hydroxylation sites is 1. The fraction of sp³-hybridized carbons (Fsp3) is 0.238. The van der Waals surface area contributed by atoms with E-state index in [-0.39, 0.29) is 17.7 Å². The van der Waals surface area contributed by atoms with Gasteiger partial charge in [-0.15, -0.1) is 0 Å². The van der Waals surface area contributed by atoms with Crippen molar-refractivity contribution in [3.8, 4) is 6.07 Å². The highest BCUT2D eigenvalue weighted by molar-refractivity contribution is 5.99. The third kappa shape index (κ3) is 3.89. The first-order chi connectivity index (χ1) is 13.8. The Hall–Kier alpha value is -3.86. The number of nitrogens with one attached hydrogen (secondary N) is 3. The Morgan fingerprint density at radius 3 is 2.55 bits per heavy atom. The lowest BCUT2D eigenvalue weighted by molar-refractivity contribution is -0.121. The number of hydrazine groups is 1. The van der Waals surface area contributed by atoms with Crippen LogP contribution < -0.4 is 16.4 Å². The second-order valence-corrected chi connectivity index (χ2v) is 6.72. The average molecular weight is 392 g/mol. The quantitative estimate of drug-likeness (QED) is 0.587. The van der Waals surface area contributed by atoms with E-state index in [1.165, 1.54) is 0 Å². The summed E-state index contributed by atoms with van der Waals surface area (Å²) >= 11 is 0. The molecule has 3 aromatic rings. The molecular formula is C21H20N4O4. The van der Waals surface area contributed by atoms with Gasteiger partial charge in [-0.2, -0.15) is 5.26 Å². The van der Waals surface area contributed by atoms with Gasteiger partial charge in [0.05, 0.1) is 0 Å². The number of aromatic nitrogens is 1. The van der Waals surface area contributed by atoms with Crippen molar-refractivity contribution in [1.82, 2.24) is 15.8 Å². The minimum absolute atomic E-state index is 0.0414. The van der Waals surface area contributed by atoms with Crippen LogP contribution >= 0.6 is 0 Å². The molecular weight excluding hydrogens is 372 g/mol. The van der Waals surface area contributed by atoms with E-state index in [2.05, 4.69) is 15.8 Å². The van der Waals surface area contributed by atoms with Gasteiger partial charge < -0.3 is 9.40 Å². The van der Waals surface area contributed by atoms with E-state index in [1.807, 2.05) is 24.3 Å². The van der Waals surface area contributed by atoms with Crippen molar-refractivity contribution in [3.63, 3.8) is 0 Å². The molecule has 2 aromatic heterocycles. The van der Waals surface area contributed by atoms with Crippen LogP contribution in [0.2, 0.25) is 0 Å². The van der Waals surface area contributed by atoms with Crippen molar-refractivity contribution in [2.24, 2.45) is 0 Å². The first-order valence-corrected chi connectivity index (χ1v) is 9.03. The first kappa shape index (κ1) is 19.9. The summed E-state index contributed by atoms with van der Waals surface area (Å²) in [5, 5.41) is 9.95. The minimum Gasteiger partial charge on any atom is -0.451 e. The molecule has 2 amide bonds. The molecule has 0 aliphatic heterocycles. The molecule has 3 rings (SSSR count). The molecule has 0 aliphatic carbocycles. The van der Waals surface area contributed by atoms with E-state index < -0.39 is 17.4 Å². The second-order valence-electron chi connectivity index (χ2n) is 6.72. The molecule has 0 saturated carbocycles. The lowest BCUT2D eigenvalue weighted by atomic mass is 9.99. The summed E-state index contributed by atoms with van der Waals surface area (Å²) in [7, 11) is 0. The van der Waals surface area contributed by atoms with Crippen LogP contribution in [-0.2, 0) is 11.2 Å². The number of furan rings is 1. The Labute approximate surface area is 166 Å². The van der Waals surface area contributed by atoms with E-state index >= 15 is 0 Å². The molecule has 0 radical (unpaired) electrons. The standard InChI is InChI=1S/C21H20N4O4/c1-11-14(13(3)23-20(27)16(11)10-22)8-9-18(26)24-25-21(28)19-12(2)15-6-4-5-7-17(15)29-19/h4-7H,8-9H2,1-3H3,(H,23,27)(H,24,26)(H,25,28). The number of benzene rings is 1. The predicted octanol–water partition coefficient (Wildman–Crippen LogP) is 2.31. The molecule has 8 heteroatoms. The van der Waals surface area contributed by atoms with Gasteiger partial charge in [0.1, 0.15) is 17.2 Å². The number of rotatable bonds is 4. The maximum Gasteiger partial charge on any atom is 0.305 e. The number of aromatic amines is 1. The number of hydrogen-bond donors (Lipinski definition) is 3. The minimum atomic E-state index is -0.546. The van der Waals surface area contributed by atoms with Crippen LogP contribution in [-0.4, -0.2) is 16.8 Å². The third-order valence-electron chi connectivity index (χ3n) is 4.89. The summed E-state index contributed by atoms with van der Waals surface area (Å²) in [5.41, 5.74) is 7.51. The van der Waals surface area contributed by atoms with E-state index in [0.29, 0.717) is 28.8 Å². The average Bonchev–Trinajstić information content (AvgIpc) is 3.03. The van der Waals surface area contributed by atoms with Gasteiger partial charge in [-0.05, 0) is 44.4 Å². The van der Waals surface area contributed by atoms with E-state index in [9.17, 15) is 14.4 Å². The second kappa shape index (κ2) is 8.02. The molecule has 0 unspecified atom stereocenters. The summed E-state index contributed by atoms with van der Waals surface area (Å²) in [6, 6.07) is 9.17. The highest BCUT2D eigenvalue weighted by Gasteiger charge is 2.18. The number of carbonyl (C=O) groups is 2. The smallest absolute Gasteiger partial charge is 0.305 e. The molecule has 0 bridgehead atoms. The zero-order chi connectivity index (χ0) is 21.1. The van der Waals surface area contributed by atoms with Crippen molar-refractivity contribution in [3.05, 3.63) is 68.3 Å². The number of nitriles is 1. The zero-order valence-electron chi connectivity index (χ0n) is 16.3. The van der Waals surface area contributed by atoms with E-state index in [1.54, 1.807) is 26.8 Å². The lowest BCUT2D eigenvalue weighted by Gasteiger charge is -2.11. The van der Waals surface area contributed by atoms with Crippen molar-refractivity contribution in [2.75, 3.05) is 0 Å². The maximum atomic E-state index is 12.3. The SMILES string of the molecule is Cc1[nH]c(=O)c(C#N)c(C)c1CCC(=O)NNC(=O)c1oc2ccccc2c1C. The highest BCUT2D eigenvalue weighted by Crippen LogP contribution is 2.24. The normalized spacial score (nSPS) is 10.6. The molecule has 0 atom stereocenters. The third-order valence-corrected chi connectivity index (χ3v) is 4.89. The van der Waals surface area contributed by atoms with Gasteiger partial charge in [0, 0.05) is 23.1 Å². The predicted molar refractivity (Wildman–Crippen MR) is 106 cm³/mol. The largest absolute Gasteiger partial charge is 0.451 e. The van der Waals surface area contributed by atoms with Crippen LogP contribution in [0.3, 0.4) is 0 Å². The molecule has 0 aliphatic rings. The number of fused-ring (bicyclic) bond motifs is 1. The molecule has 0 fully saturated rings. The number of H-pyrrole nitrogens is 1. The number of pyridine rings is 1. The summed E-state index contributed by atoms with van der Waals surface area (Å²) in [4.78, 5) is 38.9. The number of nitrogens with zero attached hydrogens (tertiary/aromatic N) is 1. The Bertz CT molecular complexity index is 1210. The lowest BCUT2D eigenvalue weighted by Crippen LogP contribution is -2.41. The van der Waals surface area contributed by atoms with Crippen LogP contribution in [0.1, 0.15) is 44.9 Å². The summed E-state index contributed by atoms with van der Waals surface area (Å²) < 4.78 is 5.56. The van der Waals surface area contributed by atoms with Crippen LogP contribution in [0, 0.1) is 32.1 Å². The summed E-state index contributed by atoms with van der Waals surface area (Å²) in [6.45, 7) is 5.17. The van der Waals surface area contributed by atoms with Gasteiger partial charge in [0.25, 0.3) is 5.56 Å².